The highest BCUT2D eigenvalue weighted by Gasteiger charge is 2.35. The minimum Gasteiger partial charge on any atom is -0.455 e. The van der Waals surface area contributed by atoms with E-state index >= 15 is 0 Å². The summed E-state index contributed by atoms with van der Waals surface area (Å²) in [6.45, 7) is 4.60. The van der Waals surface area contributed by atoms with Gasteiger partial charge in [0.2, 0.25) is 0 Å². The van der Waals surface area contributed by atoms with Crippen molar-refractivity contribution in [3.05, 3.63) is 199 Å². The van der Waals surface area contributed by atoms with Gasteiger partial charge in [0.15, 0.2) is 17.5 Å². The van der Waals surface area contributed by atoms with Gasteiger partial charge in [-0.25, -0.2) is 15.0 Å². The van der Waals surface area contributed by atoms with Crippen LogP contribution < -0.4 is 0 Å². The molecule has 0 aliphatic heterocycles. The second-order valence-electron chi connectivity index (χ2n) is 15.6. The molecule has 0 saturated carbocycles. The smallest absolute Gasteiger partial charge is 0.164 e. The Morgan fingerprint density at radius 2 is 0.776 bits per heavy atom. The van der Waals surface area contributed by atoms with E-state index in [1.807, 2.05) is 24.3 Å². The molecular formula is C54H37N3O. The van der Waals surface area contributed by atoms with Gasteiger partial charge in [-0.3, -0.25) is 0 Å². The van der Waals surface area contributed by atoms with E-state index in [-0.39, 0.29) is 5.41 Å². The van der Waals surface area contributed by atoms with Crippen LogP contribution in [-0.4, -0.2) is 15.0 Å². The van der Waals surface area contributed by atoms with Crippen LogP contribution in [-0.2, 0) is 5.41 Å². The number of rotatable bonds is 6. The monoisotopic (exact) mass is 743 g/mol. The summed E-state index contributed by atoms with van der Waals surface area (Å²) >= 11 is 0. The molecule has 0 N–H and O–H groups in total. The van der Waals surface area contributed by atoms with Gasteiger partial charge in [0.05, 0.1) is 0 Å². The number of furan rings is 1. The average molecular weight is 744 g/mol. The van der Waals surface area contributed by atoms with Crippen molar-refractivity contribution in [1.82, 2.24) is 15.0 Å². The molecule has 0 bridgehead atoms. The van der Waals surface area contributed by atoms with Gasteiger partial charge in [-0.05, 0) is 56.6 Å². The Balaban J connectivity index is 1.01. The number of aromatic nitrogens is 3. The highest BCUT2D eigenvalue weighted by Crippen LogP contribution is 2.49. The molecular weight excluding hydrogens is 707 g/mol. The first-order valence-electron chi connectivity index (χ1n) is 19.8. The van der Waals surface area contributed by atoms with Crippen LogP contribution in [0.3, 0.4) is 0 Å². The second-order valence-corrected chi connectivity index (χ2v) is 15.6. The zero-order valence-corrected chi connectivity index (χ0v) is 32.1. The highest BCUT2D eigenvalue weighted by atomic mass is 16.3. The highest BCUT2D eigenvalue weighted by molar-refractivity contribution is 6.13. The molecule has 58 heavy (non-hydrogen) atoms. The van der Waals surface area contributed by atoms with Crippen molar-refractivity contribution in [2.75, 3.05) is 0 Å². The molecule has 10 aromatic rings. The lowest BCUT2D eigenvalue weighted by Gasteiger charge is -2.21. The third kappa shape index (κ3) is 5.56. The van der Waals surface area contributed by atoms with Gasteiger partial charge in [0, 0.05) is 44.0 Å². The van der Waals surface area contributed by atoms with Crippen LogP contribution in [0.15, 0.2) is 192 Å². The fourth-order valence-corrected chi connectivity index (χ4v) is 8.77. The molecule has 4 nitrogen and oxygen atoms in total. The summed E-state index contributed by atoms with van der Waals surface area (Å²) in [4.78, 5) is 15.4. The minimum absolute atomic E-state index is 0.139. The third-order valence-electron chi connectivity index (χ3n) is 11.8. The van der Waals surface area contributed by atoms with E-state index in [1.54, 1.807) is 0 Å². The summed E-state index contributed by atoms with van der Waals surface area (Å²) in [6, 6.07) is 66.0. The molecule has 0 spiro atoms. The van der Waals surface area contributed by atoms with Crippen LogP contribution >= 0.6 is 0 Å². The van der Waals surface area contributed by atoms with Crippen LogP contribution in [0.1, 0.15) is 25.0 Å². The molecule has 0 saturated heterocycles. The van der Waals surface area contributed by atoms with Gasteiger partial charge in [-0.2, -0.15) is 0 Å². The van der Waals surface area contributed by atoms with Crippen molar-refractivity contribution >= 4 is 21.9 Å². The molecule has 0 fully saturated rings. The predicted molar refractivity (Wildman–Crippen MR) is 237 cm³/mol. The predicted octanol–water partition coefficient (Wildman–Crippen LogP) is 14.1. The second kappa shape index (κ2) is 13.4. The maximum atomic E-state index is 6.87. The summed E-state index contributed by atoms with van der Waals surface area (Å²) in [5.74, 6) is 1.90. The molecule has 11 rings (SSSR count). The minimum atomic E-state index is -0.139. The standard InChI is InChI=1S/C54H37N3O/c1-54(2)47-25-10-9-20-43(47)44-31-30-40(33-48(44)54)53-56-51(37-16-7-4-8-17-37)55-52(57-53)39-19-11-18-38(32-39)42-22-13-24-46-45-23-12-21-41(49(45)58-50(42)46)36-28-26-35(27-29-36)34-14-5-3-6-15-34/h3-33H,1-2H3. The Morgan fingerprint density at radius 3 is 1.47 bits per heavy atom. The lowest BCUT2D eigenvalue weighted by molar-refractivity contribution is 0.660. The van der Waals surface area contributed by atoms with Gasteiger partial charge in [0.1, 0.15) is 11.2 Å². The lowest BCUT2D eigenvalue weighted by Crippen LogP contribution is -2.15. The Hall–Kier alpha value is -7.43. The van der Waals surface area contributed by atoms with Crippen LogP contribution in [0.4, 0.5) is 0 Å². The first-order valence-corrected chi connectivity index (χ1v) is 19.8. The van der Waals surface area contributed by atoms with Crippen molar-refractivity contribution in [2.24, 2.45) is 0 Å². The van der Waals surface area contributed by atoms with E-state index in [4.69, 9.17) is 19.4 Å². The summed E-state index contributed by atoms with van der Waals surface area (Å²) in [7, 11) is 0. The number of hydrogen-bond acceptors (Lipinski definition) is 4. The van der Waals surface area contributed by atoms with E-state index in [0.29, 0.717) is 17.5 Å². The van der Waals surface area contributed by atoms with Gasteiger partial charge in [0.25, 0.3) is 0 Å². The summed E-state index contributed by atoms with van der Waals surface area (Å²) in [6.07, 6.45) is 0. The lowest BCUT2D eigenvalue weighted by atomic mass is 9.82. The zero-order chi connectivity index (χ0) is 38.8. The Labute approximate surface area is 337 Å². The average Bonchev–Trinajstić information content (AvgIpc) is 3.79. The molecule has 2 aromatic heterocycles. The molecule has 0 amide bonds. The van der Waals surface area contributed by atoms with Crippen molar-refractivity contribution in [1.29, 1.82) is 0 Å². The van der Waals surface area contributed by atoms with E-state index in [0.717, 1.165) is 60.9 Å². The third-order valence-corrected chi connectivity index (χ3v) is 11.8. The van der Waals surface area contributed by atoms with E-state index in [1.165, 1.54) is 33.4 Å². The molecule has 1 aliphatic rings. The number of nitrogens with zero attached hydrogens (tertiary/aromatic N) is 3. The van der Waals surface area contributed by atoms with Crippen LogP contribution in [0, 0.1) is 0 Å². The van der Waals surface area contributed by atoms with Gasteiger partial charge >= 0.3 is 0 Å². The van der Waals surface area contributed by atoms with Gasteiger partial charge in [-0.1, -0.05) is 190 Å². The molecule has 0 unspecified atom stereocenters. The van der Waals surface area contributed by atoms with Crippen molar-refractivity contribution in [2.45, 2.75) is 19.3 Å². The van der Waals surface area contributed by atoms with E-state index in [9.17, 15) is 0 Å². The Kier molecular flexibility index (Phi) is 7.80. The molecule has 274 valence electrons. The van der Waals surface area contributed by atoms with Crippen LogP contribution in [0.25, 0.3) is 101 Å². The topological polar surface area (TPSA) is 51.8 Å². The molecule has 8 aromatic carbocycles. The van der Waals surface area contributed by atoms with Crippen molar-refractivity contribution in [3.8, 4) is 78.7 Å². The number of hydrogen-bond donors (Lipinski definition) is 0. The molecule has 4 heteroatoms. The normalized spacial score (nSPS) is 12.8. The maximum absolute atomic E-state index is 6.87. The maximum Gasteiger partial charge on any atom is 0.164 e. The van der Waals surface area contributed by atoms with Gasteiger partial charge < -0.3 is 4.42 Å². The summed E-state index contributed by atoms with van der Waals surface area (Å²) in [5.41, 5.74) is 16.2. The fraction of sp³-hybridized carbons (Fsp3) is 0.0556. The van der Waals surface area contributed by atoms with Crippen LogP contribution in [0.2, 0.25) is 0 Å². The summed E-state index contributed by atoms with van der Waals surface area (Å²) in [5, 5.41) is 2.17. The van der Waals surface area contributed by atoms with E-state index < -0.39 is 0 Å². The van der Waals surface area contributed by atoms with Gasteiger partial charge in [-0.15, -0.1) is 0 Å². The molecule has 2 heterocycles. The number of fused-ring (bicyclic) bond motifs is 6. The first kappa shape index (κ1) is 33.9. The Bertz CT molecular complexity index is 3180. The Morgan fingerprint density at radius 1 is 0.328 bits per heavy atom. The van der Waals surface area contributed by atoms with Crippen molar-refractivity contribution in [3.63, 3.8) is 0 Å². The number of para-hydroxylation sites is 2. The number of benzene rings is 8. The van der Waals surface area contributed by atoms with Crippen LogP contribution in [0.5, 0.6) is 0 Å². The fourth-order valence-electron chi connectivity index (χ4n) is 8.77. The quantitative estimate of drug-likeness (QED) is 0.170. The first-order chi connectivity index (χ1) is 28.5. The molecule has 0 atom stereocenters. The summed E-state index contributed by atoms with van der Waals surface area (Å²) < 4.78 is 6.87. The van der Waals surface area contributed by atoms with E-state index in [2.05, 4.69) is 178 Å². The zero-order valence-electron chi connectivity index (χ0n) is 32.1. The largest absolute Gasteiger partial charge is 0.455 e. The molecule has 1 aliphatic carbocycles. The van der Waals surface area contributed by atoms with Crippen molar-refractivity contribution < 1.29 is 4.42 Å². The molecule has 0 radical (unpaired) electrons. The SMILES string of the molecule is CC1(C)c2ccccc2-c2ccc(-c3nc(-c4ccccc4)nc(-c4cccc(-c5cccc6c5oc5c(-c7ccc(-c8ccccc8)cc7)cccc56)c4)n3)cc21.